The number of H-pyrrole nitrogens is 1. The third-order valence-corrected chi connectivity index (χ3v) is 4.78. The van der Waals surface area contributed by atoms with Crippen molar-refractivity contribution in [1.82, 2.24) is 4.98 Å². The number of nitrogens with one attached hydrogen (secondary N) is 1. The molecule has 0 aliphatic heterocycles. The lowest BCUT2D eigenvalue weighted by molar-refractivity contribution is 0.0284. The Morgan fingerprint density at radius 1 is 1.06 bits per heavy atom. The summed E-state index contributed by atoms with van der Waals surface area (Å²) in [5.74, 6) is -1.58. The zero-order chi connectivity index (χ0) is 23.4. The van der Waals surface area contributed by atoms with E-state index in [2.05, 4.69) is 4.98 Å². The number of ketones is 1. The van der Waals surface area contributed by atoms with Gasteiger partial charge in [-0.2, -0.15) is 0 Å². The predicted molar refractivity (Wildman–Crippen MR) is 110 cm³/mol. The van der Waals surface area contributed by atoms with Crippen LogP contribution in [0, 0.1) is 19.7 Å². The maximum atomic E-state index is 12.9. The minimum Gasteiger partial charge on any atom is -0.486 e. The van der Waals surface area contributed by atoms with Crippen molar-refractivity contribution in [2.45, 2.75) is 33.5 Å². The van der Waals surface area contributed by atoms with Gasteiger partial charge in [-0.05, 0) is 62.7 Å². The Balaban J connectivity index is 1.63. The van der Waals surface area contributed by atoms with E-state index in [0.29, 0.717) is 22.8 Å². The Bertz CT molecular complexity index is 1140. The van der Waals surface area contributed by atoms with Crippen molar-refractivity contribution in [1.29, 1.82) is 0 Å². The molecule has 1 unspecified atom stereocenters. The Morgan fingerprint density at radius 2 is 1.75 bits per heavy atom. The molecule has 0 amide bonds. The Hall–Kier alpha value is -3.88. The lowest BCUT2D eigenvalue weighted by Gasteiger charge is -2.11. The van der Waals surface area contributed by atoms with Crippen LogP contribution in [0.5, 0.6) is 5.75 Å². The van der Waals surface area contributed by atoms with Crippen LogP contribution in [0.3, 0.4) is 0 Å². The molecule has 1 N–H and O–H groups in total. The first-order chi connectivity index (χ1) is 15.2. The zero-order valence-corrected chi connectivity index (χ0v) is 18.0. The highest BCUT2D eigenvalue weighted by Crippen LogP contribution is 2.21. The molecule has 2 heterocycles. The summed E-state index contributed by atoms with van der Waals surface area (Å²) in [6, 6.07) is 8.41. The van der Waals surface area contributed by atoms with Gasteiger partial charge in [0, 0.05) is 5.69 Å². The molecule has 2 aromatic heterocycles. The summed E-state index contributed by atoms with van der Waals surface area (Å²) in [5, 5.41) is 0. The van der Waals surface area contributed by atoms with Gasteiger partial charge < -0.3 is 23.6 Å². The highest BCUT2D eigenvalue weighted by molar-refractivity contribution is 6.04. The Kier molecular flexibility index (Phi) is 6.77. The fraction of sp³-hybridized carbons (Fsp3) is 0.261. The number of rotatable bonds is 8. The molecular weight excluding hydrogens is 421 g/mol. The molecular formula is C23H22FNO7. The summed E-state index contributed by atoms with van der Waals surface area (Å²) in [7, 11) is 1.25. The van der Waals surface area contributed by atoms with E-state index in [-0.39, 0.29) is 29.4 Å². The second kappa shape index (κ2) is 9.51. The van der Waals surface area contributed by atoms with Crippen molar-refractivity contribution < 1.29 is 37.4 Å². The quantitative estimate of drug-likeness (QED) is 0.411. The highest BCUT2D eigenvalue weighted by atomic mass is 19.1. The van der Waals surface area contributed by atoms with Gasteiger partial charge in [-0.3, -0.25) is 4.79 Å². The van der Waals surface area contributed by atoms with E-state index in [0.717, 1.165) is 0 Å². The predicted octanol–water partition coefficient (Wildman–Crippen LogP) is 4.16. The highest BCUT2D eigenvalue weighted by Gasteiger charge is 2.28. The molecule has 0 aliphatic rings. The van der Waals surface area contributed by atoms with E-state index in [4.69, 9.17) is 18.6 Å². The third-order valence-electron chi connectivity index (χ3n) is 4.78. The molecule has 1 aromatic carbocycles. The number of carbonyl (C=O) groups is 3. The lowest BCUT2D eigenvalue weighted by atomic mass is 10.1. The molecule has 1 atom stereocenters. The average Bonchev–Trinajstić information content (AvgIpc) is 3.36. The van der Waals surface area contributed by atoms with Gasteiger partial charge in [0.05, 0.1) is 18.4 Å². The minimum absolute atomic E-state index is 0.0185. The second-order valence-corrected chi connectivity index (χ2v) is 7.04. The van der Waals surface area contributed by atoms with E-state index < -0.39 is 23.8 Å². The summed E-state index contributed by atoms with van der Waals surface area (Å²) in [4.78, 5) is 39.9. The van der Waals surface area contributed by atoms with Gasteiger partial charge in [0.25, 0.3) is 0 Å². The monoisotopic (exact) mass is 443 g/mol. The molecule has 0 spiro atoms. The van der Waals surface area contributed by atoms with Crippen molar-refractivity contribution in [2.24, 2.45) is 0 Å². The summed E-state index contributed by atoms with van der Waals surface area (Å²) in [5.41, 5.74) is 1.33. The topological polar surface area (TPSA) is 108 Å². The normalized spacial score (nSPS) is 11.7. The molecule has 0 saturated carbocycles. The fourth-order valence-electron chi connectivity index (χ4n) is 3.13. The maximum absolute atomic E-state index is 12.9. The van der Waals surface area contributed by atoms with Gasteiger partial charge in [-0.1, -0.05) is 0 Å². The summed E-state index contributed by atoms with van der Waals surface area (Å²) < 4.78 is 33.8. The van der Waals surface area contributed by atoms with Crippen LogP contribution >= 0.6 is 0 Å². The number of aryl methyl sites for hydroxylation is 1. The number of esters is 2. The van der Waals surface area contributed by atoms with E-state index in [1.54, 1.807) is 13.8 Å². The van der Waals surface area contributed by atoms with E-state index in [9.17, 15) is 18.8 Å². The molecule has 168 valence electrons. The van der Waals surface area contributed by atoms with Crippen LogP contribution in [0.2, 0.25) is 0 Å². The van der Waals surface area contributed by atoms with Crippen LogP contribution in [-0.4, -0.2) is 35.9 Å². The number of furan rings is 1. The number of methoxy groups -OCH3 is 1. The number of Topliss-reactive ketones (excluding diaryl/α,β-unsaturated/α-hetero) is 1. The third kappa shape index (κ3) is 4.88. The Morgan fingerprint density at radius 3 is 2.41 bits per heavy atom. The number of benzene rings is 1. The van der Waals surface area contributed by atoms with Crippen molar-refractivity contribution in [2.75, 3.05) is 7.11 Å². The molecule has 0 saturated heterocycles. The van der Waals surface area contributed by atoms with Crippen LogP contribution in [0.1, 0.15) is 55.3 Å². The lowest BCUT2D eigenvalue weighted by Crippen LogP contribution is -2.25. The van der Waals surface area contributed by atoms with Crippen LogP contribution in [0.25, 0.3) is 0 Å². The first-order valence-corrected chi connectivity index (χ1v) is 9.71. The number of hydrogen-bond donors (Lipinski definition) is 1. The van der Waals surface area contributed by atoms with E-state index in [1.807, 2.05) is 0 Å². The molecule has 0 fully saturated rings. The number of carbonyl (C=O) groups excluding carboxylic acids is 3. The van der Waals surface area contributed by atoms with Crippen LogP contribution in [-0.2, 0) is 16.1 Å². The van der Waals surface area contributed by atoms with Gasteiger partial charge in [0.2, 0.25) is 11.5 Å². The summed E-state index contributed by atoms with van der Waals surface area (Å²) in [6.45, 7) is 4.70. The van der Waals surface area contributed by atoms with Crippen molar-refractivity contribution in [3.8, 4) is 5.75 Å². The minimum atomic E-state index is -1.13. The number of aromatic amines is 1. The van der Waals surface area contributed by atoms with E-state index >= 15 is 0 Å². The summed E-state index contributed by atoms with van der Waals surface area (Å²) in [6.07, 6.45) is -1.13. The van der Waals surface area contributed by atoms with Crippen molar-refractivity contribution >= 4 is 17.7 Å². The number of hydrogen-bond acceptors (Lipinski definition) is 7. The SMILES string of the molecule is COC(=O)c1c(C)[nH]c(C(=O)C(C)OC(=O)c2ccc(COc3ccc(F)cc3)o2)c1C. The number of ether oxygens (including phenoxy) is 3. The van der Waals surface area contributed by atoms with Crippen LogP contribution in [0.4, 0.5) is 4.39 Å². The van der Waals surface area contributed by atoms with Gasteiger partial charge in [-0.25, -0.2) is 14.0 Å². The van der Waals surface area contributed by atoms with Gasteiger partial charge in [0.1, 0.15) is 23.9 Å². The average molecular weight is 443 g/mol. The molecule has 32 heavy (non-hydrogen) atoms. The van der Waals surface area contributed by atoms with E-state index in [1.165, 1.54) is 50.4 Å². The molecule has 0 aliphatic carbocycles. The summed E-state index contributed by atoms with van der Waals surface area (Å²) >= 11 is 0. The second-order valence-electron chi connectivity index (χ2n) is 7.04. The van der Waals surface area contributed by atoms with Crippen LogP contribution in [0.15, 0.2) is 40.8 Å². The standard InChI is InChI=1S/C23H22FNO7/c1-12-19(23(28)29-4)13(2)25-20(12)21(26)14(3)31-22(27)18-10-9-17(32-18)11-30-16-7-5-15(24)6-8-16/h5-10,14,25H,11H2,1-4H3. The molecule has 8 nitrogen and oxygen atoms in total. The largest absolute Gasteiger partial charge is 0.486 e. The smallest absolute Gasteiger partial charge is 0.374 e. The fourth-order valence-corrected chi connectivity index (χ4v) is 3.13. The molecule has 0 bridgehead atoms. The number of aromatic nitrogens is 1. The first kappa shape index (κ1) is 22.8. The van der Waals surface area contributed by atoms with Gasteiger partial charge in [0.15, 0.2) is 6.10 Å². The zero-order valence-electron chi connectivity index (χ0n) is 18.0. The molecule has 3 rings (SSSR count). The molecule has 3 aromatic rings. The van der Waals surface area contributed by atoms with Gasteiger partial charge in [-0.15, -0.1) is 0 Å². The van der Waals surface area contributed by atoms with Crippen molar-refractivity contribution in [3.05, 3.63) is 76.3 Å². The van der Waals surface area contributed by atoms with Gasteiger partial charge >= 0.3 is 11.9 Å². The number of halogens is 1. The maximum Gasteiger partial charge on any atom is 0.374 e. The van der Waals surface area contributed by atoms with Crippen molar-refractivity contribution in [3.63, 3.8) is 0 Å². The van der Waals surface area contributed by atoms with Crippen LogP contribution < -0.4 is 4.74 Å². The first-order valence-electron chi connectivity index (χ1n) is 9.71. The Labute approximate surface area is 183 Å². The molecule has 0 radical (unpaired) electrons. The molecule has 9 heteroatoms.